The van der Waals surface area contributed by atoms with Crippen molar-refractivity contribution in [2.45, 2.75) is 12.6 Å². The molecule has 4 rings (SSSR count). The Morgan fingerprint density at radius 2 is 1.97 bits per heavy atom. The van der Waals surface area contributed by atoms with Crippen LogP contribution in [0.3, 0.4) is 0 Å². The molecule has 1 atom stereocenters. The number of halogens is 2. The first kappa shape index (κ1) is 21.1. The molecule has 1 aliphatic heterocycles. The first-order valence-electron chi connectivity index (χ1n) is 9.31. The molecule has 0 radical (unpaired) electrons. The Morgan fingerprint density at radius 3 is 2.65 bits per heavy atom. The smallest absolute Gasteiger partial charge is 0.295 e. The number of methoxy groups -OCH3 is 1. The zero-order chi connectivity index (χ0) is 22.1. The van der Waals surface area contributed by atoms with E-state index in [-0.39, 0.29) is 28.3 Å². The lowest BCUT2D eigenvalue weighted by Gasteiger charge is -2.25. The highest BCUT2D eigenvalue weighted by molar-refractivity contribution is 7.09. The first-order chi connectivity index (χ1) is 14.9. The molecule has 0 spiro atoms. The third kappa shape index (κ3) is 3.82. The number of likely N-dealkylation sites (tertiary alicyclic amines) is 1. The molecule has 1 amide bonds. The van der Waals surface area contributed by atoms with E-state index in [4.69, 9.17) is 16.3 Å². The van der Waals surface area contributed by atoms with Crippen LogP contribution in [-0.2, 0) is 16.1 Å². The molecule has 0 aliphatic carbocycles. The lowest BCUT2D eigenvalue weighted by atomic mass is 9.95. The molecule has 0 saturated carbocycles. The van der Waals surface area contributed by atoms with Crippen LogP contribution in [0.15, 0.2) is 65.6 Å². The highest BCUT2D eigenvalue weighted by Gasteiger charge is 2.47. The van der Waals surface area contributed by atoms with Gasteiger partial charge in [0.05, 0.1) is 30.3 Å². The van der Waals surface area contributed by atoms with Crippen LogP contribution in [0.1, 0.15) is 22.0 Å². The Morgan fingerprint density at radius 1 is 1.19 bits per heavy atom. The number of rotatable bonds is 5. The van der Waals surface area contributed by atoms with Gasteiger partial charge in [-0.05, 0) is 35.7 Å². The monoisotopic (exact) mass is 457 g/mol. The van der Waals surface area contributed by atoms with Crippen molar-refractivity contribution in [1.82, 2.24) is 4.90 Å². The minimum Gasteiger partial charge on any atom is -0.507 e. The van der Waals surface area contributed by atoms with Gasteiger partial charge in [-0.15, -0.1) is 11.3 Å². The number of benzene rings is 2. The maximum absolute atomic E-state index is 14.8. The standard InChI is InChI=1S/C23H17ClFNO4S/c1-30-13-8-9-17(24)16(11-13)21(27)19-20(15-6-2-3-7-18(15)25)26(23(29)22(19)28)12-14-5-4-10-31-14/h2-11,20,27H,12H2,1H3/b21-19+. The zero-order valence-corrected chi connectivity index (χ0v) is 17.9. The third-order valence-electron chi connectivity index (χ3n) is 5.07. The molecule has 2 heterocycles. The molecule has 3 aromatic rings. The fraction of sp³-hybridized carbons (Fsp3) is 0.130. The number of ether oxygens (including phenoxy) is 1. The summed E-state index contributed by atoms with van der Waals surface area (Å²) < 4.78 is 20.0. The van der Waals surface area contributed by atoms with Crippen LogP contribution in [0.5, 0.6) is 5.75 Å². The van der Waals surface area contributed by atoms with Gasteiger partial charge in [0.15, 0.2) is 0 Å². The number of Topliss-reactive ketones (excluding diaryl/α,β-unsaturated/α-hetero) is 1. The summed E-state index contributed by atoms with van der Waals surface area (Å²) in [5.41, 5.74) is 0.0112. The van der Waals surface area contributed by atoms with E-state index >= 15 is 0 Å². The highest BCUT2D eigenvalue weighted by Crippen LogP contribution is 2.42. The van der Waals surface area contributed by atoms with Crippen LogP contribution in [-0.4, -0.2) is 28.8 Å². The van der Waals surface area contributed by atoms with Crippen molar-refractivity contribution < 1.29 is 23.8 Å². The summed E-state index contributed by atoms with van der Waals surface area (Å²) in [6, 6.07) is 13.0. The SMILES string of the molecule is COc1ccc(Cl)c(/C(O)=C2\C(=O)C(=O)N(Cc3cccs3)C2c2ccccc2F)c1. The normalized spacial score (nSPS) is 17.9. The Bertz CT molecular complexity index is 1190. The second kappa shape index (κ2) is 8.53. The minimum atomic E-state index is -1.11. The van der Waals surface area contributed by atoms with Crippen LogP contribution in [0.4, 0.5) is 4.39 Å². The van der Waals surface area contributed by atoms with E-state index in [2.05, 4.69) is 0 Å². The van der Waals surface area contributed by atoms with Crippen molar-refractivity contribution in [3.63, 3.8) is 0 Å². The molecule has 1 N–H and O–H groups in total. The summed E-state index contributed by atoms with van der Waals surface area (Å²) in [5, 5.41) is 13.1. The van der Waals surface area contributed by atoms with Gasteiger partial charge in [0, 0.05) is 16.0 Å². The predicted octanol–water partition coefficient (Wildman–Crippen LogP) is 5.17. The second-order valence-corrected chi connectivity index (χ2v) is 8.31. The average molecular weight is 458 g/mol. The fourth-order valence-corrected chi connectivity index (χ4v) is 4.50. The Labute approximate surface area is 187 Å². The topological polar surface area (TPSA) is 66.8 Å². The largest absolute Gasteiger partial charge is 0.507 e. The summed E-state index contributed by atoms with van der Waals surface area (Å²) >= 11 is 7.67. The number of hydrogen-bond acceptors (Lipinski definition) is 5. The quantitative estimate of drug-likeness (QED) is 0.326. The summed E-state index contributed by atoms with van der Waals surface area (Å²) in [7, 11) is 1.45. The number of aliphatic hydroxyl groups is 1. The van der Waals surface area contributed by atoms with E-state index in [1.165, 1.54) is 53.7 Å². The molecule has 1 aromatic heterocycles. The summed E-state index contributed by atoms with van der Waals surface area (Å²) in [6.45, 7) is 0.101. The lowest BCUT2D eigenvalue weighted by Crippen LogP contribution is -2.29. The molecular weight excluding hydrogens is 441 g/mol. The number of amides is 1. The van der Waals surface area contributed by atoms with Crippen molar-refractivity contribution in [1.29, 1.82) is 0 Å². The predicted molar refractivity (Wildman–Crippen MR) is 117 cm³/mol. The Hall–Kier alpha value is -3.16. The van der Waals surface area contributed by atoms with Gasteiger partial charge in [-0.2, -0.15) is 0 Å². The molecule has 1 unspecified atom stereocenters. The summed E-state index contributed by atoms with van der Waals surface area (Å²) in [5.74, 6) is -2.39. The number of aliphatic hydroxyl groups excluding tert-OH is 1. The van der Waals surface area contributed by atoms with Crippen LogP contribution in [0.2, 0.25) is 5.02 Å². The van der Waals surface area contributed by atoms with Crippen molar-refractivity contribution in [3.8, 4) is 5.75 Å². The molecule has 1 saturated heterocycles. The fourth-order valence-electron chi connectivity index (χ4n) is 3.59. The zero-order valence-electron chi connectivity index (χ0n) is 16.3. The van der Waals surface area contributed by atoms with E-state index < -0.39 is 29.3 Å². The van der Waals surface area contributed by atoms with Crippen LogP contribution in [0.25, 0.3) is 5.76 Å². The number of hydrogen-bond donors (Lipinski definition) is 1. The van der Waals surface area contributed by atoms with E-state index in [9.17, 15) is 19.1 Å². The molecule has 1 aliphatic rings. The van der Waals surface area contributed by atoms with Crippen molar-refractivity contribution >= 4 is 40.4 Å². The van der Waals surface area contributed by atoms with Gasteiger partial charge in [-0.3, -0.25) is 9.59 Å². The maximum atomic E-state index is 14.8. The van der Waals surface area contributed by atoms with Crippen molar-refractivity contribution in [2.75, 3.05) is 7.11 Å². The number of carbonyl (C=O) groups is 2. The van der Waals surface area contributed by atoms with Gasteiger partial charge in [-0.1, -0.05) is 35.9 Å². The molecule has 8 heteroatoms. The molecule has 5 nitrogen and oxygen atoms in total. The first-order valence-corrected chi connectivity index (χ1v) is 10.6. The van der Waals surface area contributed by atoms with Gasteiger partial charge in [0.25, 0.3) is 11.7 Å². The van der Waals surface area contributed by atoms with Gasteiger partial charge in [0.2, 0.25) is 0 Å². The molecule has 1 fully saturated rings. The van der Waals surface area contributed by atoms with Gasteiger partial charge in [-0.25, -0.2) is 4.39 Å². The van der Waals surface area contributed by atoms with Crippen LogP contribution in [0, 0.1) is 5.82 Å². The average Bonchev–Trinajstić information content (AvgIpc) is 3.36. The molecule has 158 valence electrons. The van der Waals surface area contributed by atoms with Gasteiger partial charge in [0.1, 0.15) is 17.3 Å². The highest BCUT2D eigenvalue weighted by atomic mass is 35.5. The molecular formula is C23H17ClFNO4S. The number of nitrogens with zero attached hydrogens (tertiary/aromatic N) is 1. The van der Waals surface area contributed by atoms with Crippen molar-refractivity contribution in [3.05, 3.63) is 92.4 Å². The van der Waals surface area contributed by atoms with Crippen LogP contribution >= 0.6 is 22.9 Å². The third-order valence-corrected chi connectivity index (χ3v) is 6.27. The second-order valence-electron chi connectivity index (χ2n) is 6.87. The maximum Gasteiger partial charge on any atom is 0.295 e. The van der Waals surface area contributed by atoms with Gasteiger partial charge < -0.3 is 14.7 Å². The lowest BCUT2D eigenvalue weighted by molar-refractivity contribution is -0.140. The van der Waals surface area contributed by atoms with Crippen molar-refractivity contribution in [2.24, 2.45) is 0 Å². The van der Waals surface area contributed by atoms with E-state index in [0.717, 1.165) is 4.88 Å². The van der Waals surface area contributed by atoms with Crippen LogP contribution < -0.4 is 4.74 Å². The molecule has 31 heavy (non-hydrogen) atoms. The Balaban J connectivity index is 1.93. The van der Waals surface area contributed by atoms with E-state index in [0.29, 0.717) is 5.75 Å². The number of carbonyl (C=O) groups excluding carboxylic acids is 2. The minimum absolute atomic E-state index is 0.101. The molecule has 2 aromatic carbocycles. The summed E-state index contributed by atoms with van der Waals surface area (Å²) in [4.78, 5) is 28.0. The Kier molecular flexibility index (Phi) is 5.80. The molecule has 0 bridgehead atoms. The summed E-state index contributed by atoms with van der Waals surface area (Å²) in [6.07, 6.45) is 0. The number of thiophene rings is 1. The van der Waals surface area contributed by atoms with E-state index in [1.54, 1.807) is 12.1 Å². The van der Waals surface area contributed by atoms with Gasteiger partial charge >= 0.3 is 0 Å². The van der Waals surface area contributed by atoms with E-state index in [1.807, 2.05) is 17.5 Å². The number of ketones is 1.